The third-order valence-corrected chi connectivity index (χ3v) is 5.03. The van der Waals surface area contributed by atoms with Crippen molar-refractivity contribution >= 4 is 29.1 Å². The van der Waals surface area contributed by atoms with Gasteiger partial charge in [-0.25, -0.2) is 17.6 Å². The first-order valence-corrected chi connectivity index (χ1v) is 11.0. The van der Waals surface area contributed by atoms with Gasteiger partial charge in [-0.15, -0.1) is 0 Å². The van der Waals surface area contributed by atoms with Gasteiger partial charge in [-0.3, -0.25) is 24.5 Å². The zero-order valence-corrected chi connectivity index (χ0v) is 19.9. The SMILES string of the molecule is CC(C)CC(NC(CC(=O)O)C(=O)COc1c(F)c(F)cc(F)c1F)C(=O)C(=O)Nc1ccc(F)cc1F. The molecule has 2 rings (SSSR count). The van der Waals surface area contributed by atoms with Crippen LogP contribution in [0.25, 0.3) is 0 Å². The Morgan fingerprint density at radius 1 is 0.895 bits per heavy atom. The van der Waals surface area contributed by atoms with Crippen molar-refractivity contribution in [2.24, 2.45) is 5.92 Å². The number of hydrogen-bond acceptors (Lipinski definition) is 6. The minimum atomic E-state index is -1.93. The number of halogens is 6. The summed E-state index contributed by atoms with van der Waals surface area (Å²) < 4.78 is 85.9. The molecule has 206 valence electrons. The van der Waals surface area contributed by atoms with Gasteiger partial charge < -0.3 is 15.2 Å². The van der Waals surface area contributed by atoms with E-state index in [1.54, 1.807) is 13.8 Å². The summed E-state index contributed by atoms with van der Waals surface area (Å²) in [6, 6.07) is -1.21. The zero-order chi connectivity index (χ0) is 28.7. The van der Waals surface area contributed by atoms with E-state index in [4.69, 9.17) is 0 Å². The number of Topliss-reactive ketones (excluding diaryl/α,β-unsaturated/α-hetero) is 2. The molecular weight excluding hydrogens is 526 g/mol. The fraction of sp³-hybridized carbons (Fsp3) is 0.333. The molecule has 0 aliphatic heterocycles. The zero-order valence-electron chi connectivity index (χ0n) is 19.9. The monoisotopic (exact) mass is 548 g/mol. The van der Waals surface area contributed by atoms with Crippen LogP contribution in [0.4, 0.5) is 32.0 Å². The quantitative estimate of drug-likeness (QED) is 0.199. The molecule has 8 nitrogen and oxygen atoms in total. The molecule has 0 saturated carbocycles. The number of benzene rings is 2. The van der Waals surface area contributed by atoms with Crippen LogP contribution in [0.3, 0.4) is 0 Å². The maximum Gasteiger partial charge on any atom is 0.305 e. The Kier molecular flexibility index (Phi) is 10.4. The van der Waals surface area contributed by atoms with Crippen molar-refractivity contribution < 1.29 is 55.4 Å². The highest BCUT2D eigenvalue weighted by molar-refractivity contribution is 6.42. The first-order valence-electron chi connectivity index (χ1n) is 11.0. The van der Waals surface area contributed by atoms with E-state index in [2.05, 4.69) is 10.1 Å². The molecule has 2 aromatic rings. The van der Waals surface area contributed by atoms with Crippen LogP contribution in [0, 0.1) is 40.8 Å². The molecule has 0 heterocycles. The lowest BCUT2D eigenvalue weighted by Gasteiger charge is -2.24. The maximum absolute atomic E-state index is 13.9. The number of ether oxygens (including phenoxy) is 1. The van der Waals surface area contributed by atoms with Crippen molar-refractivity contribution in [3.63, 3.8) is 0 Å². The Labute approximate surface area is 212 Å². The average Bonchev–Trinajstić information content (AvgIpc) is 2.82. The van der Waals surface area contributed by atoms with Crippen LogP contribution in [-0.2, 0) is 19.2 Å². The number of aliphatic carboxylic acids is 1. The van der Waals surface area contributed by atoms with Crippen LogP contribution in [0.5, 0.6) is 5.75 Å². The molecule has 2 aromatic carbocycles. The molecular formula is C24H22F6N2O6. The van der Waals surface area contributed by atoms with Crippen LogP contribution in [-0.4, -0.2) is 47.2 Å². The summed E-state index contributed by atoms with van der Waals surface area (Å²) in [5, 5.41) is 13.5. The van der Waals surface area contributed by atoms with Gasteiger partial charge in [-0.05, 0) is 24.5 Å². The summed E-state index contributed by atoms with van der Waals surface area (Å²) in [6.45, 7) is 1.98. The van der Waals surface area contributed by atoms with Gasteiger partial charge in [0, 0.05) is 12.1 Å². The van der Waals surface area contributed by atoms with Crippen molar-refractivity contribution in [1.29, 1.82) is 0 Å². The number of anilines is 1. The number of carboxylic acids is 1. The minimum Gasteiger partial charge on any atom is -0.481 e. The molecule has 2 atom stereocenters. The molecule has 0 fully saturated rings. The number of hydrogen-bond donors (Lipinski definition) is 3. The van der Waals surface area contributed by atoms with E-state index in [1.807, 2.05) is 5.32 Å². The number of carbonyl (C=O) groups is 4. The van der Waals surface area contributed by atoms with E-state index in [0.717, 1.165) is 12.1 Å². The minimum absolute atomic E-state index is 0.0842. The molecule has 14 heteroatoms. The lowest BCUT2D eigenvalue weighted by atomic mass is 9.97. The molecule has 0 saturated heterocycles. The van der Waals surface area contributed by atoms with Crippen molar-refractivity contribution in [3.05, 3.63) is 59.2 Å². The molecule has 38 heavy (non-hydrogen) atoms. The second kappa shape index (κ2) is 13.0. The molecule has 0 radical (unpaired) electrons. The van der Waals surface area contributed by atoms with Gasteiger partial charge in [0.2, 0.25) is 17.4 Å². The summed E-state index contributed by atoms with van der Waals surface area (Å²) in [7, 11) is 0. The Morgan fingerprint density at radius 3 is 2.03 bits per heavy atom. The smallest absolute Gasteiger partial charge is 0.305 e. The van der Waals surface area contributed by atoms with Crippen molar-refractivity contribution in [2.45, 2.75) is 38.8 Å². The van der Waals surface area contributed by atoms with E-state index in [9.17, 15) is 50.6 Å². The molecule has 1 amide bonds. The van der Waals surface area contributed by atoms with E-state index < -0.39 is 94.9 Å². The largest absolute Gasteiger partial charge is 0.481 e. The van der Waals surface area contributed by atoms with Crippen LogP contribution >= 0.6 is 0 Å². The number of ketones is 2. The predicted octanol–water partition coefficient (Wildman–Crippen LogP) is 3.52. The molecule has 0 spiro atoms. The van der Waals surface area contributed by atoms with Gasteiger partial charge in [0.25, 0.3) is 5.91 Å². The Hall–Kier alpha value is -3.94. The number of carbonyl (C=O) groups excluding carboxylic acids is 3. The van der Waals surface area contributed by atoms with Gasteiger partial charge >= 0.3 is 5.97 Å². The maximum atomic E-state index is 13.9. The van der Waals surface area contributed by atoms with Crippen molar-refractivity contribution in [2.75, 3.05) is 11.9 Å². The average molecular weight is 548 g/mol. The highest BCUT2D eigenvalue weighted by atomic mass is 19.2. The molecule has 3 N–H and O–H groups in total. The molecule has 0 aliphatic rings. The van der Waals surface area contributed by atoms with Gasteiger partial charge in [0.05, 0.1) is 24.2 Å². The summed E-state index contributed by atoms with van der Waals surface area (Å²) in [6.07, 6.45) is -1.11. The highest BCUT2D eigenvalue weighted by Crippen LogP contribution is 2.26. The van der Waals surface area contributed by atoms with Crippen LogP contribution in [0.15, 0.2) is 24.3 Å². The number of amides is 1. The molecule has 2 unspecified atom stereocenters. The second-order valence-corrected chi connectivity index (χ2v) is 8.49. The second-order valence-electron chi connectivity index (χ2n) is 8.49. The molecule has 0 aliphatic carbocycles. The summed E-state index contributed by atoms with van der Waals surface area (Å²) in [5.41, 5.74) is -0.522. The third kappa shape index (κ3) is 8.03. The number of nitrogens with one attached hydrogen (secondary N) is 2. The number of carboxylic acid groups (broad SMARTS) is 1. The van der Waals surface area contributed by atoms with Crippen molar-refractivity contribution in [1.82, 2.24) is 5.32 Å². The lowest BCUT2D eigenvalue weighted by molar-refractivity contribution is -0.141. The summed E-state index contributed by atoms with van der Waals surface area (Å²) in [5.74, 6) is -16.8. The fourth-order valence-electron chi connectivity index (χ4n) is 3.26. The van der Waals surface area contributed by atoms with Gasteiger partial charge in [0.15, 0.2) is 23.2 Å². The van der Waals surface area contributed by atoms with E-state index in [0.29, 0.717) is 6.07 Å². The highest BCUT2D eigenvalue weighted by Gasteiger charge is 2.33. The normalized spacial score (nSPS) is 12.7. The van der Waals surface area contributed by atoms with Crippen LogP contribution in [0.1, 0.15) is 26.7 Å². The summed E-state index contributed by atoms with van der Waals surface area (Å²) >= 11 is 0. The first-order chi connectivity index (χ1) is 17.7. The van der Waals surface area contributed by atoms with E-state index in [-0.39, 0.29) is 18.4 Å². The lowest BCUT2D eigenvalue weighted by Crippen LogP contribution is -2.52. The van der Waals surface area contributed by atoms with Crippen LogP contribution in [0.2, 0.25) is 0 Å². The van der Waals surface area contributed by atoms with Gasteiger partial charge in [0.1, 0.15) is 18.2 Å². The Bertz CT molecular complexity index is 1210. The van der Waals surface area contributed by atoms with E-state index >= 15 is 0 Å². The Balaban J connectivity index is 2.23. The van der Waals surface area contributed by atoms with Gasteiger partial charge in [-0.2, -0.15) is 8.78 Å². The Morgan fingerprint density at radius 2 is 1.50 bits per heavy atom. The molecule has 0 aromatic heterocycles. The summed E-state index contributed by atoms with van der Waals surface area (Å²) in [4.78, 5) is 49.2. The fourth-order valence-corrected chi connectivity index (χ4v) is 3.26. The topological polar surface area (TPSA) is 122 Å². The third-order valence-electron chi connectivity index (χ3n) is 5.03. The predicted molar refractivity (Wildman–Crippen MR) is 119 cm³/mol. The van der Waals surface area contributed by atoms with Gasteiger partial charge in [-0.1, -0.05) is 13.8 Å². The first kappa shape index (κ1) is 30.3. The molecule has 0 bridgehead atoms. The standard InChI is InChI=1S/C24H22F6N2O6/c1-10(2)5-17(22(36)24(37)32-15-4-3-11(25)6-12(15)26)31-16(8-19(34)35)18(33)9-38-23-20(29)13(27)7-14(28)21(23)30/h3-4,6-7,10,16-17,31H,5,8-9H2,1-2H3,(H,32,37)(H,34,35). The van der Waals surface area contributed by atoms with Crippen LogP contribution < -0.4 is 15.4 Å². The number of rotatable bonds is 13. The van der Waals surface area contributed by atoms with Crippen molar-refractivity contribution in [3.8, 4) is 5.75 Å². The van der Waals surface area contributed by atoms with E-state index in [1.165, 1.54) is 0 Å².